The molecule has 216 valence electrons. The Balaban J connectivity index is 1.27. The Morgan fingerprint density at radius 3 is 1.80 bits per heavy atom. The summed E-state index contributed by atoms with van der Waals surface area (Å²) in [6, 6.07) is 54.5. The van der Waals surface area contributed by atoms with E-state index in [1.165, 1.54) is 97.0 Å². The van der Waals surface area contributed by atoms with Crippen LogP contribution < -0.4 is 0 Å². The SMILES string of the molecule is CC1(C)c2ccccc2-c2ccc3cc(-c4c5ccccc5c(-c5cccc6sc7ccccc7c56)c5ccccc45)ccc3c21. The molecular formula is C45H30S. The molecule has 1 aliphatic rings. The Bertz CT molecular complexity index is 2660. The zero-order valence-corrected chi connectivity index (χ0v) is 26.6. The van der Waals surface area contributed by atoms with Crippen LogP contribution in [0.5, 0.6) is 0 Å². The Morgan fingerprint density at radius 2 is 1.04 bits per heavy atom. The second-order valence-electron chi connectivity index (χ2n) is 13.2. The van der Waals surface area contributed by atoms with Crippen LogP contribution in [0.2, 0.25) is 0 Å². The van der Waals surface area contributed by atoms with Crippen molar-refractivity contribution in [3.05, 3.63) is 157 Å². The molecule has 0 bridgehead atoms. The maximum absolute atomic E-state index is 2.43. The van der Waals surface area contributed by atoms with Crippen molar-refractivity contribution in [1.29, 1.82) is 0 Å². The molecule has 0 radical (unpaired) electrons. The van der Waals surface area contributed by atoms with Crippen LogP contribution in [0.15, 0.2) is 146 Å². The quantitative estimate of drug-likeness (QED) is 0.173. The van der Waals surface area contributed by atoms with Crippen LogP contribution in [-0.4, -0.2) is 0 Å². The Kier molecular flexibility index (Phi) is 5.31. The monoisotopic (exact) mass is 602 g/mol. The van der Waals surface area contributed by atoms with Gasteiger partial charge in [-0.05, 0) is 95.0 Å². The van der Waals surface area contributed by atoms with E-state index in [4.69, 9.17) is 0 Å². The average molecular weight is 603 g/mol. The van der Waals surface area contributed by atoms with E-state index in [2.05, 4.69) is 159 Å². The van der Waals surface area contributed by atoms with Gasteiger partial charge < -0.3 is 0 Å². The van der Waals surface area contributed by atoms with Gasteiger partial charge >= 0.3 is 0 Å². The smallest absolute Gasteiger partial charge is 0.0361 e. The third-order valence-electron chi connectivity index (χ3n) is 10.4. The van der Waals surface area contributed by atoms with Gasteiger partial charge in [0.1, 0.15) is 0 Å². The van der Waals surface area contributed by atoms with E-state index in [0.717, 1.165) is 0 Å². The van der Waals surface area contributed by atoms with E-state index in [0.29, 0.717) is 0 Å². The number of hydrogen-bond donors (Lipinski definition) is 0. The van der Waals surface area contributed by atoms with Crippen molar-refractivity contribution in [3.63, 3.8) is 0 Å². The molecule has 46 heavy (non-hydrogen) atoms. The van der Waals surface area contributed by atoms with Crippen molar-refractivity contribution in [2.75, 3.05) is 0 Å². The molecule has 1 aromatic heterocycles. The molecule has 1 heterocycles. The lowest BCUT2D eigenvalue weighted by Crippen LogP contribution is -2.15. The average Bonchev–Trinajstić information content (AvgIpc) is 3.59. The molecular weight excluding hydrogens is 573 g/mol. The first-order valence-electron chi connectivity index (χ1n) is 16.1. The molecule has 0 fully saturated rings. The van der Waals surface area contributed by atoms with Crippen molar-refractivity contribution >= 4 is 63.8 Å². The standard InChI is InChI=1S/C45H30S/c1-45(2)38-19-9-7-12-30(38)35-25-22-27-26-28(23-24-29(27)44(35)45)41-31-13-3-5-15-33(31)42(34-16-6-4-14-32(34)41)37-18-11-21-40-43(37)36-17-8-10-20-39(36)46-40/h3-26H,1-2H3. The Morgan fingerprint density at radius 1 is 0.435 bits per heavy atom. The molecule has 0 saturated heterocycles. The number of fused-ring (bicyclic) bond motifs is 10. The lowest BCUT2D eigenvalue weighted by molar-refractivity contribution is 0.666. The predicted octanol–water partition coefficient (Wildman–Crippen LogP) is 13.2. The van der Waals surface area contributed by atoms with Gasteiger partial charge in [-0.25, -0.2) is 0 Å². The number of hydrogen-bond acceptors (Lipinski definition) is 1. The minimum absolute atomic E-state index is 0.0408. The van der Waals surface area contributed by atoms with Crippen molar-refractivity contribution in [2.24, 2.45) is 0 Å². The highest BCUT2D eigenvalue weighted by Gasteiger charge is 2.36. The third kappa shape index (κ3) is 3.44. The van der Waals surface area contributed by atoms with Crippen LogP contribution in [0.3, 0.4) is 0 Å². The molecule has 8 aromatic carbocycles. The molecule has 0 nitrogen and oxygen atoms in total. The summed E-state index contributed by atoms with van der Waals surface area (Å²) in [5.41, 5.74) is 10.8. The van der Waals surface area contributed by atoms with E-state index in [1.54, 1.807) is 0 Å². The van der Waals surface area contributed by atoms with Crippen LogP contribution in [0.25, 0.3) is 85.9 Å². The summed E-state index contributed by atoms with van der Waals surface area (Å²) in [5.74, 6) is 0. The van der Waals surface area contributed by atoms with E-state index in [1.807, 2.05) is 11.3 Å². The van der Waals surface area contributed by atoms with Crippen LogP contribution in [0.1, 0.15) is 25.0 Å². The van der Waals surface area contributed by atoms with E-state index in [9.17, 15) is 0 Å². The molecule has 0 amide bonds. The van der Waals surface area contributed by atoms with Gasteiger partial charge in [-0.15, -0.1) is 11.3 Å². The minimum Gasteiger partial charge on any atom is -0.135 e. The van der Waals surface area contributed by atoms with Gasteiger partial charge in [0.25, 0.3) is 0 Å². The highest BCUT2D eigenvalue weighted by Crippen LogP contribution is 2.52. The third-order valence-corrected chi connectivity index (χ3v) is 11.6. The first kappa shape index (κ1) is 26.0. The maximum atomic E-state index is 2.43. The number of rotatable bonds is 2. The van der Waals surface area contributed by atoms with Crippen molar-refractivity contribution in [2.45, 2.75) is 19.3 Å². The summed E-state index contributed by atoms with van der Waals surface area (Å²) >= 11 is 1.89. The zero-order valence-electron chi connectivity index (χ0n) is 25.8. The molecule has 0 spiro atoms. The normalized spacial score (nSPS) is 13.6. The molecule has 0 unspecified atom stereocenters. The molecule has 9 aromatic rings. The maximum Gasteiger partial charge on any atom is 0.0361 e. The largest absolute Gasteiger partial charge is 0.135 e. The second-order valence-corrected chi connectivity index (χ2v) is 14.3. The lowest BCUT2D eigenvalue weighted by Gasteiger charge is -2.23. The van der Waals surface area contributed by atoms with Gasteiger partial charge in [0.15, 0.2) is 0 Å². The van der Waals surface area contributed by atoms with Crippen LogP contribution >= 0.6 is 11.3 Å². The predicted molar refractivity (Wildman–Crippen MR) is 200 cm³/mol. The molecule has 10 rings (SSSR count). The van der Waals surface area contributed by atoms with E-state index < -0.39 is 0 Å². The minimum atomic E-state index is -0.0408. The van der Waals surface area contributed by atoms with Crippen LogP contribution in [0, 0.1) is 0 Å². The summed E-state index contributed by atoms with van der Waals surface area (Å²) in [5, 5.41) is 10.5. The van der Waals surface area contributed by atoms with Gasteiger partial charge in [-0.1, -0.05) is 141 Å². The van der Waals surface area contributed by atoms with E-state index >= 15 is 0 Å². The first-order chi connectivity index (χ1) is 22.6. The number of thiophene rings is 1. The first-order valence-corrected chi connectivity index (χ1v) is 16.9. The van der Waals surface area contributed by atoms with Gasteiger partial charge in [-0.3, -0.25) is 0 Å². The highest BCUT2D eigenvalue weighted by molar-refractivity contribution is 7.25. The van der Waals surface area contributed by atoms with Gasteiger partial charge in [0, 0.05) is 25.6 Å². The molecule has 1 heteroatoms. The molecule has 0 saturated carbocycles. The van der Waals surface area contributed by atoms with Gasteiger partial charge in [0.05, 0.1) is 0 Å². The summed E-state index contributed by atoms with van der Waals surface area (Å²) in [6.07, 6.45) is 0. The molecule has 0 atom stereocenters. The van der Waals surface area contributed by atoms with Crippen LogP contribution in [0.4, 0.5) is 0 Å². The highest BCUT2D eigenvalue weighted by atomic mass is 32.1. The van der Waals surface area contributed by atoms with Crippen molar-refractivity contribution in [1.82, 2.24) is 0 Å². The van der Waals surface area contributed by atoms with Crippen molar-refractivity contribution in [3.8, 4) is 33.4 Å². The second kappa shape index (κ2) is 9.39. The van der Waals surface area contributed by atoms with Gasteiger partial charge in [0.2, 0.25) is 0 Å². The fraction of sp³-hybridized carbons (Fsp3) is 0.0667. The molecule has 0 N–H and O–H groups in total. The lowest BCUT2D eigenvalue weighted by atomic mass is 9.79. The Hall–Kier alpha value is -5.24. The molecule has 0 aliphatic heterocycles. The summed E-state index contributed by atoms with van der Waals surface area (Å²) < 4.78 is 2.67. The Labute approximate surface area is 272 Å². The summed E-state index contributed by atoms with van der Waals surface area (Å²) in [6.45, 7) is 4.75. The van der Waals surface area contributed by atoms with Gasteiger partial charge in [-0.2, -0.15) is 0 Å². The summed E-state index contributed by atoms with van der Waals surface area (Å²) in [7, 11) is 0. The zero-order chi connectivity index (χ0) is 30.6. The van der Waals surface area contributed by atoms with E-state index in [-0.39, 0.29) is 5.41 Å². The van der Waals surface area contributed by atoms with Crippen molar-refractivity contribution < 1.29 is 0 Å². The summed E-state index contributed by atoms with van der Waals surface area (Å²) in [4.78, 5) is 0. The topological polar surface area (TPSA) is 0 Å². The fourth-order valence-corrected chi connectivity index (χ4v) is 9.63. The molecule has 1 aliphatic carbocycles. The number of benzene rings is 8. The fourth-order valence-electron chi connectivity index (χ4n) is 8.49. The van der Waals surface area contributed by atoms with Crippen LogP contribution in [-0.2, 0) is 5.41 Å².